The summed E-state index contributed by atoms with van der Waals surface area (Å²) in [6, 6.07) is 4.93. The van der Waals surface area contributed by atoms with E-state index in [9.17, 15) is 4.79 Å². The van der Waals surface area contributed by atoms with Crippen LogP contribution in [-0.4, -0.2) is 34.9 Å². The molecule has 13 heavy (non-hydrogen) atoms. The lowest BCUT2D eigenvalue weighted by Crippen LogP contribution is -2.31. The zero-order valence-electron chi connectivity index (χ0n) is 7.17. The van der Waals surface area contributed by atoms with Crippen molar-refractivity contribution in [3.63, 3.8) is 0 Å². The van der Waals surface area contributed by atoms with Gasteiger partial charge in [-0.1, -0.05) is 6.07 Å². The van der Waals surface area contributed by atoms with Crippen LogP contribution in [0.15, 0.2) is 24.4 Å². The highest BCUT2D eigenvalue weighted by Crippen LogP contribution is 1.99. The molecule has 0 fully saturated rings. The summed E-state index contributed by atoms with van der Waals surface area (Å²) < 4.78 is 0. The van der Waals surface area contributed by atoms with Gasteiger partial charge in [-0.05, 0) is 12.1 Å². The van der Waals surface area contributed by atoms with Crippen LogP contribution in [0.3, 0.4) is 0 Å². The van der Waals surface area contributed by atoms with Crippen molar-refractivity contribution >= 4 is 5.91 Å². The zero-order valence-corrected chi connectivity index (χ0v) is 7.17. The number of hydroxylamine groups is 2. The van der Waals surface area contributed by atoms with Gasteiger partial charge in [0.15, 0.2) is 0 Å². The van der Waals surface area contributed by atoms with Crippen LogP contribution in [0, 0.1) is 0 Å². The molecule has 1 rings (SSSR count). The average molecular weight is 182 g/mol. The molecule has 70 valence electrons. The fraction of sp³-hybridized carbons (Fsp3) is 0.250. The van der Waals surface area contributed by atoms with E-state index in [-0.39, 0.29) is 5.69 Å². The van der Waals surface area contributed by atoms with Crippen LogP contribution in [0.1, 0.15) is 10.5 Å². The lowest BCUT2D eigenvalue weighted by molar-refractivity contribution is -0.136. The highest BCUT2D eigenvalue weighted by atomic mass is 16.7. The Kier molecular flexibility index (Phi) is 3.36. The molecular weight excluding hydrogens is 172 g/mol. The SMILES string of the molecule is CON(CO)C(=O)c1ccccn1. The van der Waals surface area contributed by atoms with E-state index < -0.39 is 12.6 Å². The molecule has 1 amide bonds. The van der Waals surface area contributed by atoms with E-state index in [1.807, 2.05) is 0 Å². The van der Waals surface area contributed by atoms with Crippen LogP contribution in [0.4, 0.5) is 0 Å². The predicted octanol–water partition coefficient (Wildman–Crippen LogP) is 0.0350. The number of aromatic nitrogens is 1. The van der Waals surface area contributed by atoms with Gasteiger partial charge in [-0.2, -0.15) is 5.06 Å². The van der Waals surface area contributed by atoms with Crippen LogP contribution in [0.5, 0.6) is 0 Å². The molecule has 0 aliphatic carbocycles. The summed E-state index contributed by atoms with van der Waals surface area (Å²) in [4.78, 5) is 19.8. The monoisotopic (exact) mass is 182 g/mol. The van der Waals surface area contributed by atoms with Gasteiger partial charge in [-0.3, -0.25) is 14.6 Å². The number of pyridine rings is 1. The number of carbonyl (C=O) groups is 1. The van der Waals surface area contributed by atoms with E-state index in [2.05, 4.69) is 9.82 Å². The van der Waals surface area contributed by atoms with E-state index >= 15 is 0 Å². The van der Waals surface area contributed by atoms with Crippen molar-refractivity contribution in [1.82, 2.24) is 10.0 Å². The first-order chi connectivity index (χ1) is 6.29. The summed E-state index contributed by atoms with van der Waals surface area (Å²) in [5, 5.41) is 9.52. The van der Waals surface area contributed by atoms with E-state index in [1.54, 1.807) is 18.2 Å². The van der Waals surface area contributed by atoms with E-state index in [4.69, 9.17) is 5.11 Å². The van der Waals surface area contributed by atoms with Crippen molar-refractivity contribution in [3.8, 4) is 0 Å². The molecule has 0 atom stereocenters. The highest BCUT2D eigenvalue weighted by Gasteiger charge is 2.14. The molecular formula is C8H10N2O3. The molecule has 0 aromatic carbocycles. The second-order valence-corrected chi connectivity index (χ2v) is 2.22. The van der Waals surface area contributed by atoms with Gasteiger partial charge in [0.1, 0.15) is 12.4 Å². The van der Waals surface area contributed by atoms with Gasteiger partial charge in [0.2, 0.25) is 0 Å². The van der Waals surface area contributed by atoms with Gasteiger partial charge in [-0.15, -0.1) is 0 Å². The number of hydrogen-bond acceptors (Lipinski definition) is 4. The normalized spacial score (nSPS) is 9.69. The largest absolute Gasteiger partial charge is 0.374 e. The Balaban J connectivity index is 2.78. The summed E-state index contributed by atoms with van der Waals surface area (Å²) in [6.45, 7) is -0.494. The first kappa shape index (κ1) is 9.63. The second-order valence-electron chi connectivity index (χ2n) is 2.22. The van der Waals surface area contributed by atoms with Crippen molar-refractivity contribution in [3.05, 3.63) is 30.1 Å². The molecule has 1 aromatic heterocycles. The maximum absolute atomic E-state index is 11.4. The van der Waals surface area contributed by atoms with Gasteiger partial charge >= 0.3 is 0 Å². The molecule has 1 N–H and O–H groups in total. The Labute approximate surface area is 75.5 Å². The Morgan fingerprint density at radius 3 is 2.92 bits per heavy atom. The van der Waals surface area contributed by atoms with Gasteiger partial charge in [0.25, 0.3) is 5.91 Å². The number of hydrogen-bond donors (Lipinski definition) is 1. The molecule has 0 radical (unpaired) electrons. The molecule has 5 nitrogen and oxygen atoms in total. The summed E-state index contributed by atoms with van der Waals surface area (Å²) in [5.41, 5.74) is 0.235. The van der Waals surface area contributed by atoms with Gasteiger partial charge < -0.3 is 5.11 Å². The van der Waals surface area contributed by atoms with Gasteiger partial charge in [0.05, 0.1) is 7.11 Å². The third-order valence-electron chi connectivity index (χ3n) is 1.46. The van der Waals surface area contributed by atoms with Crippen LogP contribution < -0.4 is 0 Å². The Hall–Kier alpha value is -1.46. The summed E-state index contributed by atoms with van der Waals surface area (Å²) in [7, 11) is 1.30. The second kappa shape index (κ2) is 4.54. The molecule has 0 saturated heterocycles. The average Bonchev–Trinajstić information content (AvgIpc) is 2.21. The van der Waals surface area contributed by atoms with Crippen LogP contribution in [-0.2, 0) is 4.84 Å². The fourth-order valence-electron chi connectivity index (χ4n) is 0.822. The quantitative estimate of drug-likeness (QED) is 0.529. The lowest BCUT2D eigenvalue weighted by Gasteiger charge is -2.15. The summed E-state index contributed by atoms with van der Waals surface area (Å²) >= 11 is 0. The number of aliphatic hydroxyl groups excluding tert-OH is 1. The van der Waals surface area contributed by atoms with E-state index in [0.29, 0.717) is 0 Å². The van der Waals surface area contributed by atoms with Gasteiger partial charge in [0, 0.05) is 6.20 Å². The van der Waals surface area contributed by atoms with Crippen molar-refractivity contribution < 1.29 is 14.7 Å². The minimum Gasteiger partial charge on any atom is -0.374 e. The van der Waals surface area contributed by atoms with Crippen molar-refractivity contribution in [2.24, 2.45) is 0 Å². The third-order valence-corrected chi connectivity index (χ3v) is 1.46. The molecule has 0 aliphatic rings. The topological polar surface area (TPSA) is 62.7 Å². The maximum Gasteiger partial charge on any atom is 0.298 e. The first-order valence-corrected chi connectivity index (χ1v) is 3.67. The smallest absolute Gasteiger partial charge is 0.298 e. The van der Waals surface area contributed by atoms with Crippen LogP contribution in [0.25, 0.3) is 0 Å². The van der Waals surface area contributed by atoms with Crippen molar-refractivity contribution in [2.45, 2.75) is 0 Å². The molecule has 1 heterocycles. The fourth-order valence-corrected chi connectivity index (χ4v) is 0.822. The number of rotatable bonds is 3. The minimum atomic E-state index is -0.494. The number of carbonyl (C=O) groups excluding carboxylic acids is 1. The molecule has 0 unspecified atom stereocenters. The number of aliphatic hydroxyl groups is 1. The maximum atomic E-state index is 11.4. The summed E-state index contributed by atoms with van der Waals surface area (Å²) in [6.07, 6.45) is 1.50. The van der Waals surface area contributed by atoms with E-state index in [1.165, 1.54) is 13.3 Å². The zero-order chi connectivity index (χ0) is 9.68. The molecule has 5 heteroatoms. The third kappa shape index (κ3) is 2.24. The molecule has 0 bridgehead atoms. The van der Waals surface area contributed by atoms with Gasteiger partial charge in [-0.25, -0.2) is 0 Å². The minimum absolute atomic E-state index is 0.235. The standard InChI is InChI=1S/C8H10N2O3/c1-13-10(6-11)8(12)7-4-2-3-5-9-7/h2-5,11H,6H2,1H3. The Morgan fingerprint density at radius 2 is 2.46 bits per heavy atom. The molecule has 0 saturated carbocycles. The number of nitrogens with zero attached hydrogens (tertiary/aromatic N) is 2. The first-order valence-electron chi connectivity index (χ1n) is 3.67. The molecule has 0 aliphatic heterocycles. The molecule has 1 aromatic rings. The Morgan fingerprint density at radius 1 is 1.69 bits per heavy atom. The molecule has 0 spiro atoms. The van der Waals surface area contributed by atoms with Crippen LogP contribution >= 0.6 is 0 Å². The Bertz CT molecular complexity index is 272. The van der Waals surface area contributed by atoms with Crippen molar-refractivity contribution in [1.29, 1.82) is 0 Å². The van der Waals surface area contributed by atoms with Crippen LogP contribution in [0.2, 0.25) is 0 Å². The number of amides is 1. The predicted molar refractivity (Wildman–Crippen MR) is 44.5 cm³/mol. The van der Waals surface area contributed by atoms with E-state index in [0.717, 1.165) is 5.06 Å². The summed E-state index contributed by atoms with van der Waals surface area (Å²) in [5.74, 6) is -0.467. The van der Waals surface area contributed by atoms with Crippen molar-refractivity contribution in [2.75, 3.05) is 13.8 Å². The highest BCUT2D eigenvalue weighted by molar-refractivity contribution is 5.91. The lowest BCUT2D eigenvalue weighted by atomic mass is 10.3.